The van der Waals surface area contributed by atoms with Crippen LogP contribution in [-0.2, 0) is 9.59 Å². The van der Waals surface area contributed by atoms with E-state index >= 15 is 0 Å². The minimum atomic E-state index is -0.362. The van der Waals surface area contributed by atoms with Crippen LogP contribution in [-0.4, -0.2) is 43.9 Å². The Morgan fingerprint density at radius 2 is 1.86 bits per heavy atom. The third kappa shape index (κ3) is 6.45. The number of hydrogen-bond donors (Lipinski definition) is 2. The molecule has 0 unspecified atom stereocenters. The summed E-state index contributed by atoms with van der Waals surface area (Å²) >= 11 is 6.13. The van der Waals surface area contributed by atoms with Gasteiger partial charge in [-0.1, -0.05) is 17.7 Å². The van der Waals surface area contributed by atoms with Crippen LogP contribution in [0.4, 0.5) is 5.69 Å². The molecule has 0 heterocycles. The van der Waals surface area contributed by atoms with Gasteiger partial charge in [-0.15, -0.1) is 0 Å². The maximum absolute atomic E-state index is 11.9. The Balaban J connectivity index is 2.45. The van der Waals surface area contributed by atoms with E-state index in [1.165, 1.54) is 0 Å². The predicted molar refractivity (Wildman–Crippen MR) is 90.4 cm³/mol. The van der Waals surface area contributed by atoms with E-state index < -0.39 is 0 Å². The maximum atomic E-state index is 11.9. The standard InChI is InChI=1S/C16H24ClN3O2/c1-11-8-12(2)16(13(17)9-11)19-15(22)10-14(21)18-6-5-7-20(3)4/h8-9H,5-7,10H2,1-4H3,(H,18,21)(H,19,22). The summed E-state index contributed by atoms with van der Waals surface area (Å²) < 4.78 is 0. The summed E-state index contributed by atoms with van der Waals surface area (Å²) in [6, 6.07) is 3.72. The van der Waals surface area contributed by atoms with Crippen molar-refractivity contribution in [2.75, 3.05) is 32.5 Å². The smallest absolute Gasteiger partial charge is 0.233 e. The third-order valence-corrected chi connectivity index (χ3v) is 3.42. The summed E-state index contributed by atoms with van der Waals surface area (Å²) in [5, 5.41) is 5.92. The lowest BCUT2D eigenvalue weighted by Gasteiger charge is -2.12. The molecule has 2 amide bonds. The second-order valence-electron chi connectivity index (χ2n) is 5.67. The van der Waals surface area contributed by atoms with Crippen LogP contribution < -0.4 is 10.6 Å². The van der Waals surface area contributed by atoms with Crippen molar-refractivity contribution in [2.24, 2.45) is 0 Å². The Hall–Kier alpha value is -1.59. The van der Waals surface area contributed by atoms with Crippen molar-refractivity contribution < 1.29 is 9.59 Å². The highest BCUT2D eigenvalue weighted by Gasteiger charge is 2.13. The molecular weight excluding hydrogens is 302 g/mol. The van der Waals surface area contributed by atoms with Gasteiger partial charge in [-0.05, 0) is 58.1 Å². The van der Waals surface area contributed by atoms with Gasteiger partial charge in [-0.2, -0.15) is 0 Å². The van der Waals surface area contributed by atoms with Gasteiger partial charge in [0.1, 0.15) is 6.42 Å². The van der Waals surface area contributed by atoms with Crippen LogP contribution in [0.25, 0.3) is 0 Å². The molecular formula is C16H24ClN3O2. The second kappa shape index (κ2) is 8.76. The fraction of sp³-hybridized carbons (Fsp3) is 0.500. The fourth-order valence-electron chi connectivity index (χ4n) is 2.09. The Morgan fingerprint density at radius 1 is 1.18 bits per heavy atom. The molecule has 0 bridgehead atoms. The minimum Gasteiger partial charge on any atom is -0.356 e. The van der Waals surface area contributed by atoms with E-state index in [1.807, 2.05) is 38.9 Å². The highest BCUT2D eigenvalue weighted by atomic mass is 35.5. The minimum absolute atomic E-state index is 0.203. The van der Waals surface area contributed by atoms with Gasteiger partial charge in [0.05, 0.1) is 10.7 Å². The number of carbonyl (C=O) groups excluding carboxylic acids is 2. The average Bonchev–Trinajstić information content (AvgIpc) is 2.38. The zero-order chi connectivity index (χ0) is 16.7. The van der Waals surface area contributed by atoms with Crippen LogP contribution in [0.15, 0.2) is 12.1 Å². The van der Waals surface area contributed by atoms with E-state index in [4.69, 9.17) is 11.6 Å². The number of aryl methyl sites for hydroxylation is 2. The van der Waals surface area contributed by atoms with Gasteiger partial charge >= 0.3 is 0 Å². The van der Waals surface area contributed by atoms with Crippen molar-refractivity contribution in [3.8, 4) is 0 Å². The molecule has 0 saturated carbocycles. The molecule has 0 atom stereocenters. The number of halogens is 1. The molecule has 0 saturated heterocycles. The number of nitrogens with zero attached hydrogens (tertiary/aromatic N) is 1. The SMILES string of the molecule is Cc1cc(C)c(NC(=O)CC(=O)NCCCN(C)C)c(Cl)c1. The van der Waals surface area contributed by atoms with Crippen LogP contribution in [0.1, 0.15) is 24.0 Å². The number of rotatable bonds is 7. The van der Waals surface area contributed by atoms with Crippen LogP contribution in [0.3, 0.4) is 0 Å². The van der Waals surface area contributed by atoms with Gasteiger partial charge in [0.25, 0.3) is 0 Å². The predicted octanol–water partition coefficient (Wildman–Crippen LogP) is 2.35. The normalized spacial score (nSPS) is 10.6. The molecule has 0 radical (unpaired) electrons. The van der Waals surface area contributed by atoms with Crippen LogP contribution >= 0.6 is 11.6 Å². The Bertz CT molecular complexity index is 521. The van der Waals surface area contributed by atoms with E-state index in [9.17, 15) is 9.59 Å². The number of anilines is 1. The van der Waals surface area contributed by atoms with E-state index in [1.54, 1.807) is 6.07 Å². The zero-order valence-electron chi connectivity index (χ0n) is 13.6. The lowest BCUT2D eigenvalue weighted by Crippen LogP contribution is -2.30. The lowest BCUT2D eigenvalue weighted by atomic mass is 10.1. The van der Waals surface area contributed by atoms with Gasteiger partial charge in [0.2, 0.25) is 11.8 Å². The largest absolute Gasteiger partial charge is 0.356 e. The molecule has 0 fully saturated rings. The van der Waals surface area contributed by atoms with E-state index in [2.05, 4.69) is 10.6 Å². The Labute approximate surface area is 137 Å². The molecule has 0 spiro atoms. The first-order chi connectivity index (χ1) is 10.3. The number of benzene rings is 1. The Kier molecular flexibility index (Phi) is 7.35. The third-order valence-electron chi connectivity index (χ3n) is 3.12. The lowest BCUT2D eigenvalue weighted by molar-refractivity contribution is -0.126. The first-order valence-corrected chi connectivity index (χ1v) is 7.65. The van der Waals surface area contributed by atoms with Crippen LogP contribution in [0.2, 0.25) is 5.02 Å². The molecule has 0 aromatic heterocycles. The average molecular weight is 326 g/mol. The first kappa shape index (κ1) is 18.5. The summed E-state index contributed by atoms with van der Waals surface area (Å²) in [6.07, 6.45) is 0.648. The molecule has 22 heavy (non-hydrogen) atoms. The zero-order valence-corrected chi connectivity index (χ0v) is 14.4. The van der Waals surface area contributed by atoms with Crippen LogP contribution in [0.5, 0.6) is 0 Å². The van der Waals surface area contributed by atoms with E-state index in [0.29, 0.717) is 17.3 Å². The molecule has 122 valence electrons. The summed E-state index contributed by atoms with van der Waals surface area (Å²) in [5.41, 5.74) is 2.47. The molecule has 0 aliphatic rings. The molecule has 0 aliphatic carbocycles. The van der Waals surface area contributed by atoms with Crippen molar-refractivity contribution in [3.63, 3.8) is 0 Å². The molecule has 6 heteroatoms. The maximum Gasteiger partial charge on any atom is 0.233 e. The monoisotopic (exact) mass is 325 g/mol. The Morgan fingerprint density at radius 3 is 2.45 bits per heavy atom. The fourth-order valence-corrected chi connectivity index (χ4v) is 2.46. The summed E-state index contributed by atoms with van der Waals surface area (Å²) in [5.74, 6) is -0.642. The highest BCUT2D eigenvalue weighted by molar-refractivity contribution is 6.34. The van der Waals surface area contributed by atoms with E-state index in [-0.39, 0.29) is 18.2 Å². The number of amides is 2. The summed E-state index contributed by atoms with van der Waals surface area (Å²) in [7, 11) is 3.95. The molecule has 5 nitrogen and oxygen atoms in total. The molecule has 1 aromatic rings. The van der Waals surface area contributed by atoms with Crippen molar-refractivity contribution in [1.82, 2.24) is 10.2 Å². The first-order valence-electron chi connectivity index (χ1n) is 7.27. The molecule has 2 N–H and O–H groups in total. The van der Waals surface area contributed by atoms with Crippen molar-refractivity contribution >= 4 is 29.1 Å². The van der Waals surface area contributed by atoms with Gasteiger partial charge < -0.3 is 15.5 Å². The number of hydrogen-bond acceptors (Lipinski definition) is 3. The number of carbonyl (C=O) groups is 2. The van der Waals surface area contributed by atoms with Gasteiger partial charge in [-0.25, -0.2) is 0 Å². The van der Waals surface area contributed by atoms with Gasteiger partial charge in [-0.3, -0.25) is 9.59 Å². The molecule has 0 aliphatic heterocycles. The summed E-state index contributed by atoms with van der Waals surface area (Å²) in [6.45, 7) is 5.26. The molecule has 1 aromatic carbocycles. The topological polar surface area (TPSA) is 61.4 Å². The van der Waals surface area contributed by atoms with Crippen molar-refractivity contribution in [2.45, 2.75) is 26.7 Å². The van der Waals surface area contributed by atoms with Crippen LogP contribution in [0, 0.1) is 13.8 Å². The van der Waals surface area contributed by atoms with E-state index in [0.717, 1.165) is 24.1 Å². The number of nitrogens with one attached hydrogen (secondary N) is 2. The molecule has 1 rings (SSSR count). The van der Waals surface area contributed by atoms with Crippen molar-refractivity contribution in [3.05, 3.63) is 28.3 Å². The van der Waals surface area contributed by atoms with Gasteiger partial charge in [0.15, 0.2) is 0 Å². The quantitative estimate of drug-likeness (QED) is 0.597. The highest BCUT2D eigenvalue weighted by Crippen LogP contribution is 2.27. The van der Waals surface area contributed by atoms with Crippen molar-refractivity contribution in [1.29, 1.82) is 0 Å². The second-order valence-corrected chi connectivity index (χ2v) is 6.08. The summed E-state index contributed by atoms with van der Waals surface area (Å²) in [4.78, 5) is 25.7. The van der Waals surface area contributed by atoms with Gasteiger partial charge in [0, 0.05) is 6.54 Å².